The van der Waals surface area contributed by atoms with Crippen molar-refractivity contribution >= 4 is 47.6 Å². The summed E-state index contributed by atoms with van der Waals surface area (Å²) in [5.74, 6) is 1.23. The number of hydrogen-bond donors (Lipinski definition) is 0. The lowest BCUT2D eigenvalue weighted by atomic mass is 9.53. The number of likely N-dealkylation sites (N-methyl/N-ethyl adjacent to an activating group) is 1. The summed E-state index contributed by atoms with van der Waals surface area (Å²) in [4.78, 5) is 16.7. The van der Waals surface area contributed by atoms with Crippen LogP contribution in [-0.2, 0) is 43.5 Å². The lowest BCUT2D eigenvalue weighted by Gasteiger charge is -2.57. The van der Waals surface area contributed by atoms with Gasteiger partial charge in [0, 0.05) is 22.9 Å². The molecule has 0 aromatic heterocycles. The van der Waals surface area contributed by atoms with E-state index >= 15 is 0 Å². The predicted octanol–water partition coefficient (Wildman–Crippen LogP) is 7.49. The van der Waals surface area contributed by atoms with Gasteiger partial charge in [-0.05, 0) is 136 Å². The van der Waals surface area contributed by atoms with Gasteiger partial charge in [0.2, 0.25) is 14.6 Å². The number of nitrogens with zero attached hydrogens (tertiary/aromatic N) is 1. The van der Waals surface area contributed by atoms with E-state index in [0.29, 0.717) is 17.7 Å². The fourth-order valence-corrected chi connectivity index (χ4v) is 14.0. The SMILES string of the molecule is CN1CC[C@]23c4c5ccc(O[C@@H]6O[C@H](C(=O)O[Si](C)(C)C)[C@@H](O[Si](C)(C)C)[C@H](O[Si](C)(C)C)[C@H]6O[Si](C)(C)C)c4O[C@H]2[C@@H](O[Si](C)(C)C)C=C[C@H]3[C@H]1C5. The molecule has 10 nitrogen and oxygen atoms in total. The van der Waals surface area contributed by atoms with Gasteiger partial charge in [-0.15, -0.1) is 0 Å². The number of piperidine rings is 1. The molecule has 2 aliphatic carbocycles. The molecule has 10 atom stereocenters. The van der Waals surface area contributed by atoms with Crippen LogP contribution in [0.5, 0.6) is 11.5 Å². The zero-order valence-electron chi connectivity index (χ0n) is 35.2. The molecule has 15 heteroatoms. The van der Waals surface area contributed by atoms with Crippen LogP contribution in [0.15, 0.2) is 24.3 Å². The molecule has 2 saturated heterocycles. The fourth-order valence-electron chi connectivity index (χ4n) is 9.00. The minimum absolute atomic E-state index is 0.156. The summed E-state index contributed by atoms with van der Waals surface area (Å²) < 4.78 is 55.1. The van der Waals surface area contributed by atoms with Crippen LogP contribution in [0.4, 0.5) is 0 Å². The van der Waals surface area contributed by atoms with Crippen LogP contribution in [0.2, 0.25) is 98.2 Å². The van der Waals surface area contributed by atoms with Crippen molar-refractivity contribution in [3.05, 3.63) is 35.4 Å². The third-order valence-electron chi connectivity index (χ3n) is 10.5. The Morgan fingerprint density at radius 3 is 1.92 bits per heavy atom. The lowest BCUT2D eigenvalue weighted by Crippen LogP contribution is -2.68. The first-order chi connectivity index (χ1) is 24.2. The van der Waals surface area contributed by atoms with Crippen molar-refractivity contribution in [3.63, 3.8) is 0 Å². The number of carbonyl (C=O) groups excluding carboxylic acids is 1. The van der Waals surface area contributed by atoms with E-state index in [0.717, 1.165) is 25.1 Å². The molecule has 6 rings (SSSR count). The van der Waals surface area contributed by atoms with E-state index < -0.39 is 78.3 Å². The van der Waals surface area contributed by atoms with Crippen LogP contribution < -0.4 is 9.47 Å². The maximum absolute atomic E-state index is 14.2. The van der Waals surface area contributed by atoms with Crippen molar-refractivity contribution in [1.82, 2.24) is 4.90 Å². The number of rotatable bonds is 12. The fraction of sp³-hybridized carbons (Fsp3) is 0.763. The maximum atomic E-state index is 14.2. The zero-order valence-corrected chi connectivity index (χ0v) is 40.2. The molecule has 0 N–H and O–H groups in total. The molecule has 0 radical (unpaired) electrons. The van der Waals surface area contributed by atoms with Gasteiger partial charge in [0.25, 0.3) is 0 Å². The summed E-state index contributed by atoms with van der Waals surface area (Å²) >= 11 is 0. The Kier molecular flexibility index (Phi) is 11.0. The van der Waals surface area contributed by atoms with E-state index in [1.54, 1.807) is 0 Å². The number of ether oxygens (including phenoxy) is 3. The molecule has 298 valence electrons. The molecule has 0 unspecified atom stereocenters. The highest BCUT2D eigenvalue weighted by Gasteiger charge is 2.65. The molecule has 53 heavy (non-hydrogen) atoms. The second-order valence-electron chi connectivity index (χ2n) is 20.8. The average Bonchev–Trinajstić information content (AvgIpc) is 3.31. The highest BCUT2D eigenvalue weighted by Crippen LogP contribution is 2.63. The Hall–Kier alpha value is -1.13. The highest BCUT2D eigenvalue weighted by molar-refractivity contribution is 6.72. The van der Waals surface area contributed by atoms with Crippen LogP contribution in [0, 0.1) is 5.92 Å². The summed E-state index contributed by atoms with van der Waals surface area (Å²) in [5.41, 5.74) is 2.35. The molecule has 1 aromatic carbocycles. The summed E-state index contributed by atoms with van der Waals surface area (Å²) in [6, 6.07) is 4.64. The Balaban J connectivity index is 1.46. The van der Waals surface area contributed by atoms with Crippen molar-refractivity contribution in [3.8, 4) is 11.5 Å². The Bertz CT molecular complexity index is 1580. The minimum Gasteiger partial charge on any atom is -0.518 e. The van der Waals surface area contributed by atoms with E-state index in [4.69, 9.17) is 36.3 Å². The molecule has 1 spiro atoms. The van der Waals surface area contributed by atoms with Crippen LogP contribution in [0.25, 0.3) is 0 Å². The molecule has 0 amide bonds. The van der Waals surface area contributed by atoms with E-state index in [2.05, 4.69) is 109 Å². The molecule has 2 fully saturated rings. The van der Waals surface area contributed by atoms with Crippen molar-refractivity contribution < 1.29 is 41.1 Å². The number of likely N-dealkylation sites (tertiary alicyclic amines) is 1. The molecule has 5 aliphatic rings. The second-order valence-corrected chi connectivity index (χ2v) is 43.0. The summed E-state index contributed by atoms with van der Waals surface area (Å²) in [5, 5.41) is 0. The van der Waals surface area contributed by atoms with Gasteiger partial charge in [0.1, 0.15) is 30.5 Å². The van der Waals surface area contributed by atoms with E-state index in [1.807, 2.05) is 25.7 Å². The largest absolute Gasteiger partial charge is 0.518 e. The Labute approximate surface area is 324 Å². The Morgan fingerprint density at radius 1 is 0.755 bits per heavy atom. The molecule has 3 aliphatic heterocycles. The monoisotopic (exact) mass is 821 g/mol. The summed E-state index contributed by atoms with van der Waals surface area (Å²) in [7, 11) is -8.68. The highest BCUT2D eigenvalue weighted by atomic mass is 28.4. The van der Waals surface area contributed by atoms with Crippen molar-refractivity contribution in [1.29, 1.82) is 0 Å². The van der Waals surface area contributed by atoms with Crippen LogP contribution in [0.1, 0.15) is 17.5 Å². The van der Waals surface area contributed by atoms with Gasteiger partial charge >= 0.3 is 5.97 Å². The van der Waals surface area contributed by atoms with Crippen LogP contribution >= 0.6 is 0 Å². The van der Waals surface area contributed by atoms with E-state index in [-0.39, 0.29) is 17.6 Å². The van der Waals surface area contributed by atoms with Gasteiger partial charge in [0.05, 0.1) is 0 Å². The first-order valence-corrected chi connectivity index (χ1v) is 36.7. The number of hydrogen-bond acceptors (Lipinski definition) is 10. The Morgan fingerprint density at radius 2 is 1.34 bits per heavy atom. The van der Waals surface area contributed by atoms with Gasteiger partial charge in [0.15, 0.2) is 50.9 Å². The lowest BCUT2D eigenvalue weighted by molar-refractivity contribution is -0.260. The first kappa shape index (κ1) is 41.5. The van der Waals surface area contributed by atoms with Gasteiger partial charge in [-0.1, -0.05) is 18.2 Å². The van der Waals surface area contributed by atoms with Gasteiger partial charge in [-0.3, -0.25) is 4.79 Å². The number of benzene rings is 1. The molecule has 0 saturated carbocycles. The molecule has 1 aromatic rings. The van der Waals surface area contributed by atoms with Gasteiger partial charge in [-0.2, -0.15) is 0 Å². The van der Waals surface area contributed by atoms with Crippen LogP contribution in [0.3, 0.4) is 0 Å². The van der Waals surface area contributed by atoms with E-state index in [1.165, 1.54) is 11.1 Å². The normalized spacial score (nSPS) is 34.4. The van der Waals surface area contributed by atoms with Crippen LogP contribution in [-0.4, -0.2) is 115 Å². The molecular formula is C38H67NO9Si5. The van der Waals surface area contributed by atoms with E-state index in [9.17, 15) is 4.79 Å². The van der Waals surface area contributed by atoms with Gasteiger partial charge < -0.3 is 41.2 Å². The van der Waals surface area contributed by atoms with Crippen molar-refractivity contribution in [2.75, 3.05) is 13.6 Å². The molecular weight excluding hydrogens is 755 g/mol. The van der Waals surface area contributed by atoms with Crippen molar-refractivity contribution in [2.24, 2.45) is 5.92 Å². The minimum atomic E-state index is -2.30. The third kappa shape index (κ3) is 8.75. The smallest absolute Gasteiger partial charge is 0.324 e. The quantitative estimate of drug-likeness (QED) is 0.156. The molecule has 2 bridgehead atoms. The standard InChI is InChI=1S/C38H67NO9Si5/c1-39-22-21-38-25-18-20-28(44-49(2,3)4)35(38)42-30-27(19-17-24(29(30)38)23-26(25)39)41-37-34(47-52(11,12)13)32(46-51(8,9)10)31(45-50(5,6)7)33(43-37)36(40)48-53(14,15)16/h17-20,25-26,28,31-35,37H,21-23H2,1-16H3/t25-,26+,28-,31-,32-,33-,34+,35-,37+,38-/m0/s1. The third-order valence-corrected chi connectivity index (χ3v) is 15.2. The van der Waals surface area contributed by atoms with Gasteiger partial charge in [-0.25, -0.2) is 0 Å². The van der Waals surface area contributed by atoms with Crippen molar-refractivity contribution in [2.45, 2.75) is 165 Å². The average molecular weight is 822 g/mol. The summed E-state index contributed by atoms with van der Waals surface area (Å²) in [6.07, 6.45) is 2.22. The first-order valence-electron chi connectivity index (χ1n) is 19.6. The maximum Gasteiger partial charge on any atom is 0.324 e. The summed E-state index contributed by atoms with van der Waals surface area (Å²) in [6.45, 7) is 33.0. The zero-order chi connectivity index (χ0) is 39.3. The topological polar surface area (TPSA) is 94.2 Å². The molecule has 3 heterocycles. The number of carbonyl (C=O) groups is 1. The second kappa shape index (κ2) is 14.1. The predicted molar refractivity (Wildman–Crippen MR) is 222 cm³/mol.